The van der Waals surface area contributed by atoms with Crippen LogP contribution < -0.4 is 4.90 Å². The molecule has 0 radical (unpaired) electrons. The molecule has 0 amide bonds. The Morgan fingerprint density at radius 3 is 2.81 bits per heavy atom. The van der Waals surface area contributed by atoms with Crippen LogP contribution in [0.4, 0.5) is 5.95 Å². The predicted octanol–water partition coefficient (Wildman–Crippen LogP) is 1.71. The molecule has 2 fully saturated rings. The van der Waals surface area contributed by atoms with Crippen molar-refractivity contribution in [3.8, 4) is 0 Å². The molecule has 1 atom stereocenters. The van der Waals surface area contributed by atoms with E-state index in [1.807, 2.05) is 12.3 Å². The number of piperidine rings is 1. The second-order valence-electron chi connectivity index (χ2n) is 7.33. The molecular formula is C17H24N6O2S2. The van der Waals surface area contributed by atoms with Gasteiger partial charge in [0.25, 0.3) is 0 Å². The van der Waals surface area contributed by atoms with Crippen molar-refractivity contribution >= 4 is 27.3 Å². The average molecular weight is 409 g/mol. The zero-order valence-electron chi connectivity index (χ0n) is 15.4. The van der Waals surface area contributed by atoms with Gasteiger partial charge >= 0.3 is 0 Å². The quantitative estimate of drug-likeness (QED) is 0.738. The third-order valence-electron chi connectivity index (χ3n) is 5.19. The molecule has 2 aromatic rings. The number of likely N-dealkylation sites (tertiary alicyclic amines) is 1. The number of hydrogen-bond donors (Lipinski definition) is 0. The van der Waals surface area contributed by atoms with Crippen LogP contribution in [0.5, 0.6) is 0 Å². The molecule has 4 rings (SSSR count). The molecule has 0 aromatic carbocycles. The van der Waals surface area contributed by atoms with Crippen molar-refractivity contribution in [2.45, 2.75) is 42.4 Å². The third kappa shape index (κ3) is 4.27. The monoisotopic (exact) mass is 408 g/mol. The third-order valence-corrected chi connectivity index (χ3v) is 7.74. The normalized spacial score (nSPS) is 21.7. The van der Waals surface area contributed by atoms with Crippen LogP contribution in [-0.4, -0.2) is 65.3 Å². The lowest BCUT2D eigenvalue weighted by Crippen LogP contribution is -2.34. The second-order valence-corrected chi connectivity index (χ2v) is 10.3. The van der Waals surface area contributed by atoms with E-state index in [0.29, 0.717) is 9.90 Å². The molecule has 10 heteroatoms. The Bertz CT molecular complexity index is 894. The van der Waals surface area contributed by atoms with Crippen molar-refractivity contribution in [2.75, 3.05) is 37.3 Å². The summed E-state index contributed by atoms with van der Waals surface area (Å²) in [5.41, 5.74) is 1.64. The minimum Gasteiger partial charge on any atom is -0.341 e. The molecule has 2 aromatic heterocycles. The molecule has 27 heavy (non-hydrogen) atoms. The number of rotatable bonds is 5. The second kappa shape index (κ2) is 7.76. The highest BCUT2D eigenvalue weighted by Crippen LogP contribution is 2.32. The zero-order valence-corrected chi connectivity index (χ0v) is 17.0. The molecule has 0 saturated carbocycles. The fourth-order valence-electron chi connectivity index (χ4n) is 3.89. The Labute approximate surface area is 163 Å². The van der Waals surface area contributed by atoms with E-state index < -0.39 is 9.84 Å². The SMILES string of the molecule is CS(=O)(=O)c1snnc1C1CCCN(Cc2ccnc(N3CCCC3)n2)C1. The molecular weight excluding hydrogens is 384 g/mol. The first-order valence-electron chi connectivity index (χ1n) is 9.32. The van der Waals surface area contributed by atoms with Crippen molar-refractivity contribution in [3.05, 3.63) is 23.7 Å². The summed E-state index contributed by atoms with van der Waals surface area (Å²) in [5, 5.41) is 4.14. The van der Waals surface area contributed by atoms with Crippen LogP contribution in [0.2, 0.25) is 0 Å². The van der Waals surface area contributed by atoms with Crippen molar-refractivity contribution < 1.29 is 8.42 Å². The molecule has 0 spiro atoms. The smallest absolute Gasteiger partial charge is 0.225 e. The van der Waals surface area contributed by atoms with Crippen LogP contribution in [0.25, 0.3) is 0 Å². The molecule has 0 bridgehead atoms. The van der Waals surface area contributed by atoms with Crippen LogP contribution in [0, 0.1) is 0 Å². The highest BCUT2D eigenvalue weighted by atomic mass is 32.2. The van der Waals surface area contributed by atoms with Crippen molar-refractivity contribution in [1.82, 2.24) is 24.5 Å². The van der Waals surface area contributed by atoms with Gasteiger partial charge in [0, 0.05) is 56.1 Å². The first kappa shape index (κ1) is 18.7. The molecule has 146 valence electrons. The van der Waals surface area contributed by atoms with Gasteiger partial charge in [-0.05, 0) is 38.3 Å². The summed E-state index contributed by atoms with van der Waals surface area (Å²) < 4.78 is 28.2. The van der Waals surface area contributed by atoms with Crippen LogP contribution >= 0.6 is 11.5 Å². The van der Waals surface area contributed by atoms with E-state index in [-0.39, 0.29) is 5.92 Å². The molecule has 2 aliphatic rings. The first-order chi connectivity index (χ1) is 13.0. The number of aromatic nitrogens is 4. The molecule has 2 saturated heterocycles. The Morgan fingerprint density at radius 1 is 1.22 bits per heavy atom. The Morgan fingerprint density at radius 2 is 2.04 bits per heavy atom. The molecule has 0 aliphatic carbocycles. The van der Waals surface area contributed by atoms with Gasteiger partial charge in [0.1, 0.15) is 0 Å². The van der Waals surface area contributed by atoms with Crippen LogP contribution in [-0.2, 0) is 16.4 Å². The summed E-state index contributed by atoms with van der Waals surface area (Å²) in [4.78, 5) is 13.7. The van der Waals surface area contributed by atoms with Gasteiger partial charge in [-0.3, -0.25) is 4.90 Å². The van der Waals surface area contributed by atoms with E-state index in [2.05, 4.69) is 24.4 Å². The van der Waals surface area contributed by atoms with Crippen molar-refractivity contribution in [3.63, 3.8) is 0 Å². The van der Waals surface area contributed by atoms with Gasteiger partial charge in [0.15, 0.2) is 14.0 Å². The minimum absolute atomic E-state index is 0.0992. The lowest BCUT2D eigenvalue weighted by Gasteiger charge is -2.31. The van der Waals surface area contributed by atoms with E-state index in [9.17, 15) is 8.42 Å². The summed E-state index contributed by atoms with van der Waals surface area (Å²) in [6.07, 6.45) is 7.41. The van der Waals surface area contributed by atoms with E-state index in [4.69, 9.17) is 4.98 Å². The number of sulfone groups is 1. The predicted molar refractivity (Wildman–Crippen MR) is 104 cm³/mol. The molecule has 4 heterocycles. The average Bonchev–Trinajstić information content (AvgIpc) is 3.34. The van der Waals surface area contributed by atoms with Crippen molar-refractivity contribution in [1.29, 1.82) is 0 Å². The largest absolute Gasteiger partial charge is 0.341 e. The van der Waals surface area contributed by atoms with Gasteiger partial charge < -0.3 is 4.90 Å². The maximum atomic E-state index is 12.0. The summed E-state index contributed by atoms with van der Waals surface area (Å²) in [5.74, 6) is 0.920. The van der Waals surface area contributed by atoms with E-state index >= 15 is 0 Å². The topological polar surface area (TPSA) is 92.2 Å². The Hall–Kier alpha value is -1.65. The standard InChI is InChI=1S/C17H24N6O2S2/c1-27(24,25)16-15(20-21-26-16)13-5-4-8-22(11-13)12-14-6-7-18-17(19-14)23-9-2-3-10-23/h6-7,13H,2-5,8-12H2,1H3. The first-order valence-corrected chi connectivity index (χ1v) is 12.0. The van der Waals surface area contributed by atoms with E-state index in [0.717, 1.165) is 68.7 Å². The summed E-state index contributed by atoms with van der Waals surface area (Å²) in [6.45, 7) is 4.55. The van der Waals surface area contributed by atoms with Gasteiger partial charge in [-0.15, -0.1) is 5.10 Å². The van der Waals surface area contributed by atoms with Crippen molar-refractivity contribution in [2.24, 2.45) is 0 Å². The maximum absolute atomic E-state index is 12.0. The maximum Gasteiger partial charge on any atom is 0.225 e. The van der Waals surface area contributed by atoms with Crippen LogP contribution in [0.1, 0.15) is 43.0 Å². The lowest BCUT2D eigenvalue weighted by atomic mass is 9.95. The van der Waals surface area contributed by atoms with E-state index in [1.54, 1.807) is 0 Å². The fourth-order valence-corrected chi connectivity index (χ4v) is 5.62. The molecule has 8 nitrogen and oxygen atoms in total. The number of anilines is 1. The molecule has 2 aliphatic heterocycles. The summed E-state index contributed by atoms with van der Waals surface area (Å²) in [7, 11) is -3.28. The van der Waals surface area contributed by atoms with Gasteiger partial charge in [-0.25, -0.2) is 18.4 Å². The summed E-state index contributed by atoms with van der Waals surface area (Å²) in [6, 6.07) is 1.97. The van der Waals surface area contributed by atoms with Gasteiger partial charge in [-0.1, -0.05) is 4.49 Å². The van der Waals surface area contributed by atoms with Crippen LogP contribution in [0.3, 0.4) is 0 Å². The molecule has 0 N–H and O–H groups in total. The Kier molecular flexibility index (Phi) is 5.38. The van der Waals surface area contributed by atoms with Crippen LogP contribution in [0.15, 0.2) is 16.5 Å². The van der Waals surface area contributed by atoms with E-state index in [1.165, 1.54) is 19.1 Å². The highest BCUT2D eigenvalue weighted by Gasteiger charge is 2.29. The summed E-state index contributed by atoms with van der Waals surface area (Å²) >= 11 is 0.978. The number of nitrogens with zero attached hydrogens (tertiary/aromatic N) is 6. The van der Waals surface area contributed by atoms with Gasteiger partial charge in [0.05, 0.1) is 11.4 Å². The lowest BCUT2D eigenvalue weighted by molar-refractivity contribution is 0.195. The van der Waals surface area contributed by atoms with Gasteiger partial charge in [-0.2, -0.15) is 0 Å². The Balaban J connectivity index is 1.46. The fraction of sp³-hybridized carbons (Fsp3) is 0.647. The number of hydrogen-bond acceptors (Lipinski definition) is 9. The zero-order chi connectivity index (χ0) is 18.9. The highest BCUT2D eigenvalue weighted by molar-refractivity contribution is 7.92. The van der Waals surface area contributed by atoms with Gasteiger partial charge in [0.2, 0.25) is 5.95 Å². The minimum atomic E-state index is -3.28. The molecule has 1 unspecified atom stereocenters.